The van der Waals surface area contributed by atoms with Gasteiger partial charge in [-0.25, -0.2) is 8.42 Å². The number of hydrogen-bond donors (Lipinski definition) is 2. The SMILES string of the molecule is CCNC(=NCCc1ccc(S(C)(=O)=O)cc1)NC(C)c1ccccc1. The predicted octanol–water partition coefficient (Wildman–Crippen LogP) is 2.95. The summed E-state index contributed by atoms with van der Waals surface area (Å²) in [7, 11) is -3.15. The molecule has 140 valence electrons. The standard InChI is InChI=1S/C20H27N3O2S/c1-4-21-20(23-16(2)18-8-6-5-7-9-18)22-15-14-17-10-12-19(13-11-17)26(3,24)25/h5-13,16H,4,14-15H2,1-3H3,(H2,21,22,23). The van der Waals surface area contributed by atoms with Crippen LogP contribution in [0.3, 0.4) is 0 Å². The number of guanidine groups is 1. The highest BCUT2D eigenvalue weighted by Gasteiger charge is 2.08. The van der Waals surface area contributed by atoms with Gasteiger partial charge in [-0.05, 0) is 43.5 Å². The molecule has 2 aromatic carbocycles. The molecule has 5 nitrogen and oxygen atoms in total. The molecule has 0 aliphatic carbocycles. The van der Waals surface area contributed by atoms with Gasteiger partial charge in [0.25, 0.3) is 0 Å². The quantitative estimate of drug-likeness (QED) is 0.578. The lowest BCUT2D eigenvalue weighted by Gasteiger charge is -2.18. The molecule has 0 fully saturated rings. The van der Waals surface area contributed by atoms with Gasteiger partial charge in [-0.2, -0.15) is 0 Å². The van der Waals surface area contributed by atoms with Crippen LogP contribution in [0.1, 0.15) is 31.0 Å². The maximum atomic E-state index is 11.5. The van der Waals surface area contributed by atoms with Gasteiger partial charge in [0.05, 0.1) is 10.9 Å². The molecule has 0 aliphatic heterocycles. The summed E-state index contributed by atoms with van der Waals surface area (Å²) in [5, 5.41) is 6.67. The van der Waals surface area contributed by atoms with Crippen molar-refractivity contribution >= 4 is 15.8 Å². The van der Waals surface area contributed by atoms with Gasteiger partial charge in [-0.15, -0.1) is 0 Å². The normalized spacial score (nSPS) is 13.3. The zero-order valence-electron chi connectivity index (χ0n) is 15.6. The van der Waals surface area contributed by atoms with Crippen molar-refractivity contribution in [1.29, 1.82) is 0 Å². The van der Waals surface area contributed by atoms with E-state index in [4.69, 9.17) is 0 Å². The summed E-state index contributed by atoms with van der Waals surface area (Å²) in [5.41, 5.74) is 2.27. The summed E-state index contributed by atoms with van der Waals surface area (Å²) in [6.45, 7) is 5.55. The van der Waals surface area contributed by atoms with Crippen molar-refractivity contribution in [2.24, 2.45) is 4.99 Å². The summed E-state index contributed by atoms with van der Waals surface area (Å²) in [6, 6.07) is 17.4. The molecule has 0 spiro atoms. The fraction of sp³-hybridized carbons (Fsp3) is 0.350. The number of rotatable bonds is 7. The van der Waals surface area contributed by atoms with Crippen molar-refractivity contribution in [3.63, 3.8) is 0 Å². The Balaban J connectivity index is 1.96. The number of nitrogens with zero attached hydrogens (tertiary/aromatic N) is 1. The predicted molar refractivity (Wildman–Crippen MR) is 107 cm³/mol. The molecule has 2 rings (SSSR count). The van der Waals surface area contributed by atoms with Crippen LogP contribution in [-0.2, 0) is 16.3 Å². The first-order valence-corrected chi connectivity index (χ1v) is 10.7. The molecule has 0 saturated carbocycles. The van der Waals surface area contributed by atoms with Gasteiger partial charge in [-0.1, -0.05) is 42.5 Å². The van der Waals surface area contributed by atoms with Crippen molar-refractivity contribution in [1.82, 2.24) is 10.6 Å². The third kappa shape index (κ3) is 6.19. The van der Waals surface area contributed by atoms with E-state index in [0.717, 1.165) is 24.5 Å². The molecular formula is C20H27N3O2S. The molecule has 26 heavy (non-hydrogen) atoms. The van der Waals surface area contributed by atoms with Gasteiger partial charge in [0, 0.05) is 19.3 Å². The zero-order valence-corrected chi connectivity index (χ0v) is 16.4. The highest BCUT2D eigenvalue weighted by Crippen LogP contribution is 2.12. The number of benzene rings is 2. The van der Waals surface area contributed by atoms with Crippen molar-refractivity contribution in [2.45, 2.75) is 31.2 Å². The number of aliphatic imine (C=N–C) groups is 1. The van der Waals surface area contributed by atoms with E-state index in [-0.39, 0.29) is 6.04 Å². The van der Waals surface area contributed by atoms with Crippen LogP contribution >= 0.6 is 0 Å². The van der Waals surface area contributed by atoms with Crippen LogP contribution in [0.5, 0.6) is 0 Å². The second kappa shape index (κ2) is 9.38. The maximum absolute atomic E-state index is 11.5. The van der Waals surface area contributed by atoms with E-state index in [9.17, 15) is 8.42 Å². The lowest BCUT2D eigenvalue weighted by atomic mass is 10.1. The number of nitrogens with one attached hydrogen (secondary N) is 2. The molecule has 0 aromatic heterocycles. The van der Waals surface area contributed by atoms with Crippen molar-refractivity contribution in [3.05, 3.63) is 65.7 Å². The lowest BCUT2D eigenvalue weighted by molar-refractivity contribution is 0.602. The Hall–Kier alpha value is -2.34. The minimum absolute atomic E-state index is 0.156. The van der Waals surface area contributed by atoms with Crippen molar-refractivity contribution in [2.75, 3.05) is 19.3 Å². The second-order valence-electron chi connectivity index (χ2n) is 6.20. The largest absolute Gasteiger partial charge is 0.357 e. The van der Waals surface area contributed by atoms with Crippen molar-refractivity contribution < 1.29 is 8.42 Å². The van der Waals surface area contributed by atoms with Gasteiger partial charge in [-0.3, -0.25) is 4.99 Å². The molecule has 2 N–H and O–H groups in total. The van der Waals surface area contributed by atoms with E-state index in [2.05, 4.69) is 34.7 Å². The Morgan fingerprint density at radius 3 is 2.31 bits per heavy atom. The second-order valence-corrected chi connectivity index (χ2v) is 8.22. The lowest BCUT2D eigenvalue weighted by Crippen LogP contribution is -2.38. The molecule has 2 aromatic rings. The fourth-order valence-electron chi connectivity index (χ4n) is 2.55. The molecule has 0 saturated heterocycles. The molecule has 0 radical (unpaired) electrons. The Bertz CT molecular complexity index is 816. The van der Waals surface area contributed by atoms with E-state index >= 15 is 0 Å². The van der Waals surface area contributed by atoms with Gasteiger partial charge in [0.1, 0.15) is 0 Å². The van der Waals surface area contributed by atoms with Crippen LogP contribution in [-0.4, -0.2) is 33.7 Å². The van der Waals surface area contributed by atoms with Crippen molar-refractivity contribution in [3.8, 4) is 0 Å². The minimum atomic E-state index is -3.15. The molecule has 0 aliphatic rings. The first-order chi connectivity index (χ1) is 12.4. The topological polar surface area (TPSA) is 70.6 Å². The minimum Gasteiger partial charge on any atom is -0.357 e. The highest BCUT2D eigenvalue weighted by atomic mass is 32.2. The zero-order chi connectivity index (χ0) is 19.0. The van der Waals surface area contributed by atoms with Crippen LogP contribution in [0.2, 0.25) is 0 Å². The number of hydrogen-bond acceptors (Lipinski definition) is 3. The van der Waals surface area contributed by atoms with Crippen LogP contribution in [0, 0.1) is 0 Å². The van der Waals surface area contributed by atoms with E-state index in [1.807, 2.05) is 37.3 Å². The van der Waals surface area contributed by atoms with E-state index < -0.39 is 9.84 Å². The van der Waals surface area contributed by atoms with Crippen LogP contribution in [0.4, 0.5) is 0 Å². The molecule has 6 heteroatoms. The monoisotopic (exact) mass is 373 g/mol. The van der Waals surface area contributed by atoms with Gasteiger partial charge < -0.3 is 10.6 Å². The third-order valence-corrected chi connectivity index (χ3v) is 5.15. The smallest absolute Gasteiger partial charge is 0.191 e. The Morgan fingerprint density at radius 1 is 1.08 bits per heavy atom. The van der Waals surface area contributed by atoms with Crippen LogP contribution in [0.15, 0.2) is 64.5 Å². The van der Waals surface area contributed by atoms with Gasteiger partial charge in [0.15, 0.2) is 15.8 Å². The first kappa shape index (κ1) is 20.0. The number of sulfone groups is 1. The fourth-order valence-corrected chi connectivity index (χ4v) is 3.18. The van der Waals surface area contributed by atoms with E-state index in [1.54, 1.807) is 12.1 Å². The molecule has 0 amide bonds. The summed E-state index contributed by atoms with van der Waals surface area (Å²) < 4.78 is 23.0. The summed E-state index contributed by atoms with van der Waals surface area (Å²) in [4.78, 5) is 4.97. The molecular weight excluding hydrogens is 346 g/mol. The van der Waals surface area contributed by atoms with E-state index in [0.29, 0.717) is 11.4 Å². The van der Waals surface area contributed by atoms with E-state index in [1.165, 1.54) is 11.8 Å². The average molecular weight is 374 g/mol. The molecule has 1 atom stereocenters. The Labute approximate surface area is 156 Å². The summed E-state index contributed by atoms with van der Waals surface area (Å²) >= 11 is 0. The average Bonchev–Trinajstić information content (AvgIpc) is 2.62. The van der Waals surface area contributed by atoms with Crippen LogP contribution in [0.25, 0.3) is 0 Å². The maximum Gasteiger partial charge on any atom is 0.191 e. The third-order valence-electron chi connectivity index (χ3n) is 4.02. The van der Waals surface area contributed by atoms with Gasteiger partial charge >= 0.3 is 0 Å². The molecule has 1 unspecified atom stereocenters. The first-order valence-electron chi connectivity index (χ1n) is 8.79. The highest BCUT2D eigenvalue weighted by molar-refractivity contribution is 7.90. The van der Waals surface area contributed by atoms with Crippen LogP contribution < -0.4 is 10.6 Å². The molecule has 0 heterocycles. The van der Waals surface area contributed by atoms with Gasteiger partial charge in [0.2, 0.25) is 0 Å². The Kier molecular flexibility index (Phi) is 7.21. The summed E-state index contributed by atoms with van der Waals surface area (Å²) in [5.74, 6) is 0.775. The Morgan fingerprint density at radius 2 is 1.73 bits per heavy atom. The summed E-state index contributed by atoms with van der Waals surface area (Å²) in [6.07, 6.45) is 1.97. The molecule has 0 bridgehead atoms.